The molecule has 5 nitrogen and oxygen atoms in total. The molecule has 0 aliphatic rings. The lowest BCUT2D eigenvalue weighted by molar-refractivity contribution is 0.537. The monoisotopic (exact) mass is 217 g/mol. The number of hydrogen-bond acceptors (Lipinski definition) is 4. The average molecular weight is 217 g/mol. The molecular weight excluding hydrogens is 202 g/mol. The minimum absolute atomic E-state index is 0.172. The first-order chi connectivity index (χ1) is 7.77. The number of nitrogens with zero attached hydrogens (tertiary/aromatic N) is 4. The SMILES string of the molecule is CC(NCc1nccn1C)c1cnccn1. The molecule has 1 atom stereocenters. The summed E-state index contributed by atoms with van der Waals surface area (Å²) < 4.78 is 2.00. The molecule has 0 aliphatic heterocycles. The Bertz CT molecular complexity index is 437. The van der Waals surface area contributed by atoms with Crippen molar-refractivity contribution in [3.8, 4) is 0 Å². The predicted octanol–water partition coefficient (Wildman–Crippen LogP) is 1.06. The summed E-state index contributed by atoms with van der Waals surface area (Å²) in [5.74, 6) is 1.01. The second kappa shape index (κ2) is 4.85. The summed E-state index contributed by atoms with van der Waals surface area (Å²) in [6, 6.07) is 0.172. The summed E-state index contributed by atoms with van der Waals surface area (Å²) >= 11 is 0. The van der Waals surface area contributed by atoms with E-state index in [2.05, 4.69) is 27.2 Å². The van der Waals surface area contributed by atoms with Crippen molar-refractivity contribution in [1.29, 1.82) is 0 Å². The highest BCUT2D eigenvalue weighted by molar-refractivity contribution is 5.01. The van der Waals surface area contributed by atoms with Gasteiger partial charge in [-0.2, -0.15) is 0 Å². The fraction of sp³-hybridized carbons (Fsp3) is 0.364. The molecule has 0 amide bonds. The first-order valence-corrected chi connectivity index (χ1v) is 5.23. The van der Waals surface area contributed by atoms with Gasteiger partial charge in [-0.25, -0.2) is 4.98 Å². The Morgan fingerprint density at radius 1 is 1.31 bits per heavy atom. The van der Waals surface area contributed by atoms with Crippen molar-refractivity contribution in [2.24, 2.45) is 7.05 Å². The van der Waals surface area contributed by atoms with Crippen molar-refractivity contribution in [2.75, 3.05) is 0 Å². The Hall–Kier alpha value is -1.75. The molecule has 16 heavy (non-hydrogen) atoms. The third-order valence-corrected chi connectivity index (χ3v) is 2.51. The van der Waals surface area contributed by atoms with Crippen LogP contribution in [0.5, 0.6) is 0 Å². The topological polar surface area (TPSA) is 55.6 Å². The Labute approximate surface area is 94.6 Å². The first kappa shape index (κ1) is 10.8. The molecule has 1 unspecified atom stereocenters. The molecule has 2 aromatic rings. The van der Waals surface area contributed by atoms with Crippen LogP contribution in [0.4, 0.5) is 0 Å². The van der Waals surface area contributed by atoms with E-state index in [4.69, 9.17) is 0 Å². The second-order valence-electron chi connectivity index (χ2n) is 3.69. The quantitative estimate of drug-likeness (QED) is 0.832. The van der Waals surface area contributed by atoms with Crippen molar-refractivity contribution < 1.29 is 0 Å². The standard InChI is InChI=1S/C11H15N5/c1-9(10-7-12-3-4-13-10)15-8-11-14-5-6-16(11)2/h3-7,9,15H,8H2,1-2H3. The zero-order valence-electron chi connectivity index (χ0n) is 9.46. The zero-order valence-corrected chi connectivity index (χ0v) is 9.46. The van der Waals surface area contributed by atoms with Gasteiger partial charge in [0.15, 0.2) is 0 Å². The van der Waals surface area contributed by atoms with Gasteiger partial charge in [-0.15, -0.1) is 0 Å². The van der Waals surface area contributed by atoms with Crippen LogP contribution in [0.25, 0.3) is 0 Å². The molecule has 0 saturated carbocycles. The fourth-order valence-corrected chi connectivity index (χ4v) is 1.45. The van der Waals surface area contributed by atoms with Gasteiger partial charge in [0.25, 0.3) is 0 Å². The van der Waals surface area contributed by atoms with Crippen LogP contribution in [0, 0.1) is 0 Å². The minimum Gasteiger partial charge on any atom is -0.337 e. The van der Waals surface area contributed by atoms with Crippen molar-refractivity contribution in [1.82, 2.24) is 24.8 Å². The smallest absolute Gasteiger partial charge is 0.122 e. The van der Waals surface area contributed by atoms with E-state index in [1.807, 2.05) is 17.8 Å². The van der Waals surface area contributed by atoms with Crippen LogP contribution in [-0.2, 0) is 13.6 Å². The maximum absolute atomic E-state index is 4.25. The van der Waals surface area contributed by atoms with Gasteiger partial charge in [0.1, 0.15) is 5.82 Å². The van der Waals surface area contributed by atoms with Gasteiger partial charge in [-0.3, -0.25) is 9.97 Å². The summed E-state index contributed by atoms with van der Waals surface area (Å²) in [6.07, 6.45) is 8.88. The van der Waals surface area contributed by atoms with E-state index in [1.54, 1.807) is 24.8 Å². The lowest BCUT2D eigenvalue weighted by Gasteiger charge is -2.12. The highest BCUT2D eigenvalue weighted by Crippen LogP contribution is 2.07. The molecular formula is C11H15N5. The number of rotatable bonds is 4. The summed E-state index contributed by atoms with van der Waals surface area (Å²) in [4.78, 5) is 12.5. The van der Waals surface area contributed by atoms with E-state index >= 15 is 0 Å². The largest absolute Gasteiger partial charge is 0.337 e. The van der Waals surface area contributed by atoms with Crippen molar-refractivity contribution in [2.45, 2.75) is 19.5 Å². The van der Waals surface area contributed by atoms with Gasteiger partial charge in [-0.05, 0) is 6.92 Å². The van der Waals surface area contributed by atoms with Gasteiger partial charge in [0.05, 0.1) is 12.2 Å². The van der Waals surface area contributed by atoms with Gasteiger partial charge in [-0.1, -0.05) is 0 Å². The Morgan fingerprint density at radius 3 is 2.81 bits per heavy atom. The Morgan fingerprint density at radius 2 is 2.19 bits per heavy atom. The summed E-state index contributed by atoms with van der Waals surface area (Å²) in [5, 5.41) is 3.36. The molecule has 5 heteroatoms. The number of aryl methyl sites for hydroxylation is 1. The summed E-state index contributed by atoms with van der Waals surface area (Å²) in [7, 11) is 1.98. The van der Waals surface area contributed by atoms with Crippen LogP contribution in [0.1, 0.15) is 24.5 Å². The predicted molar refractivity (Wildman–Crippen MR) is 60.5 cm³/mol. The number of aromatic nitrogens is 4. The zero-order chi connectivity index (χ0) is 11.4. The third-order valence-electron chi connectivity index (χ3n) is 2.51. The van der Waals surface area contributed by atoms with Gasteiger partial charge in [0, 0.05) is 44.1 Å². The molecule has 2 aromatic heterocycles. The number of imidazole rings is 1. The van der Waals surface area contributed by atoms with E-state index in [0.29, 0.717) is 0 Å². The minimum atomic E-state index is 0.172. The van der Waals surface area contributed by atoms with E-state index < -0.39 is 0 Å². The molecule has 0 radical (unpaired) electrons. The molecule has 0 bridgehead atoms. The normalized spacial score (nSPS) is 12.6. The van der Waals surface area contributed by atoms with Crippen molar-refractivity contribution in [3.05, 3.63) is 42.5 Å². The third kappa shape index (κ3) is 2.43. The summed E-state index contributed by atoms with van der Waals surface area (Å²) in [5.41, 5.74) is 0.941. The van der Waals surface area contributed by atoms with Crippen molar-refractivity contribution in [3.63, 3.8) is 0 Å². The van der Waals surface area contributed by atoms with Crippen LogP contribution >= 0.6 is 0 Å². The Balaban J connectivity index is 1.94. The van der Waals surface area contributed by atoms with Crippen LogP contribution in [0.15, 0.2) is 31.0 Å². The lowest BCUT2D eigenvalue weighted by atomic mass is 10.2. The maximum atomic E-state index is 4.25. The van der Waals surface area contributed by atoms with Gasteiger partial charge in [0.2, 0.25) is 0 Å². The highest BCUT2D eigenvalue weighted by Gasteiger charge is 2.07. The number of nitrogens with one attached hydrogen (secondary N) is 1. The van der Waals surface area contributed by atoms with Gasteiger partial charge < -0.3 is 9.88 Å². The first-order valence-electron chi connectivity index (χ1n) is 5.23. The second-order valence-corrected chi connectivity index (χ2v) is 3.69. The van der Waals surface area contributed by atoms with Crippen LogP contribution < -0.4 is 5.32 Å². The molecule has 84 valence electrons. The van der Waals surface area contributed by atoms with E-state index in [-0.39, 0.29) is 6.04 Å². The summed E-state index contributed by atoms with van der Waals surface area (Å²) in [6.45, 7) is 2.79. The molecule has 1 N–H and O–H groups in total. The molecule has 0 fully saturated rings. The maximum Gasteiger partial charge on any atom is 0.122 e. The highest BCUT2D eigenvalue weighted by atomic mass is 15.1. The van der Waals surface area contributed by atoms with E-state index in [0.717, 1.165) is 18.1 Å². The molecule has 2 heterocycles. The van der Waals surface area contributed by atoms with Crippen molar-refractivity contribution >= 4 is 0 Å². The van der Waals surface area contributed by atoms with E-state index in [9.17, 15) is 0 Å². The molecule has 0 saturated heterocycles. The van der Waals surface area contributed by atoms with Gasteiger partial charge >= 0.3 is 0 Å². The average Bonchev–Trinajstić information content (AvgIpc) is 2.73. The molecule has 0 spiro atoms. The molecule has 0 aliphatic carbocycles. The number of hydrogen-bond donors (Lipinski definition) is 1. The van der Waals surface area contributed by atoms with Crippen LogP contribution in [0.3, 0.4) is 0 Å². The fourth-order valence-electron chi connectivity index (χ4n) is 1.45. The van der Waals surface area contributed by atoms with Crippen LogP contribution in [-0.4, -0.2) is 19.5 Å². The Kier molecular flexibility index (Phi) is 3.26. The molecule has 0 aromatic carbocycles. The van der Waals surface area contributed by atoms with E-state index in [1.165, 1.54) is 0 Å². The lowest BCUT2D eigenvalue weighted by Crippen LogP contribution is -2.21. The molecule has 2 rings (SSSR count). The van der Waals surface area contributed by atoms with Crippen LogP contribution in [0.2, 0.25) is 0 Å².